The summed E-state index contributed by atoms with van der Waals surface area (Å²) in [7, 11) is 1.53. The summed E-state index contributed by atoms with van der Waals surface area (Å²) in [6, 6.07) is 13.6. The van der Waals surface area contributed by atoms with Crippen molar-refractivity contribution in [3.05, 3.63) is 71.9 Å². The van der Waals surface area contributed by atoms with Crippen LogP contribution in [0.2, 0.25) is 0 Å². The van der Waals surface area contributed by atoms with E-state index in [-0.39, 0.29) is 11.8 Å². The van der Waals surface area contributed by atoms with Crippen molar-refractivity contribution in [3.63, 3.8) is 0 Å². The van der Waals surface area contributed by atoms with Gasteiger partial charge in [0.25, 0.3) is 0 Å². The van der Waals surface area contributed by atoms with Gasteiger partial charge in [-0.15, -0.1) is 0 Å². The molecule has 30 heavy (non-hydrogen) atoms. The molecule has 7 nitrogen and oxygen atoms in total. The van der Waals surface area contributed by atoms with Gasteiger partial charge in [0.2, 0.25) is 11.8 Å². The SMILES string of the molecule is COc1ncccc1NC(=O)[C@@H]1C[C@@]1(COc1cnc(C)nc1C)c1ccccc1. The highest BCUT2D eigenvalue weighted by molar-refractivity contribution is 5.97. The van der Waals surface area contributed by atoms with Crippen LogP contribution in [-0.4, -0.2) is 34.6 Å². The normalized spacial score (nSPS) is 19.8. The lowest BCUT2D eigenvalue weighted by molar-refractivity contribution is -0.117. The summed E-state index contributed by atoms with van der Waals surface area (Å²) in [6.07, 6.45) is 4.01. The Hall–Kier alpha value is -3.48. The summed E-state index contributed by atoms with van der Waals surface area (Å²) < 4.78 is 11.4. The Morgan fingerprint density at radius 2 is 1.97 bits per heavy atom. The van der Waals surface area contributed by atoms with Crippen molar-refractivity contribution in [1.29, 1.82) is 0 Å². The minimum Gasteiger partial charge on any atom is -0.489 e. The first-order chi connectivity index (χ1) is 14.5. The lowest BCUT2D eigenvalue weighted by atomic mass is 9.93. The van der Waals surface area contributed by atoms with E-state index in [4.69, 9.17) is 9.47 Å². The van der Waals surface area contributed by atoms with E-state index in [2.05, 4.69) is 20.3 Å². The van der Waals surface area contributed by atoms with Crippen LogP contribution in [0.4, 0.5) is 5.69 Å². The number of nitrogens with zero attached hydrogens (tertiary/aromatic N) is 3. The van der Waals surface area contributed by atoms with E-state index in [9.17, 15) is 4.79 Å². The number of ether oxygens (including phenoxy) is 2. The number of hydrogen-bond acceptors (Lipinski definition) is 6. The minimum atomic E-state index is -0.405. The Balaban J connectivity index is 1.55. The first-order valence-corrected chi connectivity index (χ1v) is 9.82. The van der Waals surface area contributed by atoms with Crippen LogP contribution < -0.4 is 14.8 Å². The Kier molecular flexibility index (Phi) is 5.35. The lowest BCUT2D eigenvalue weighted by Crippen LogP contribution is -2.27. The molecular weight excluding hydrogens is 380 g/mol. The molecule has 0 aliphatic heterocycles. The molecule has 1 N–H and O–H groups in total. The third-order valence-corrected chi connectivity index (χ3v) is 5.50. The molecule has 3 aromatic rings. The number of methoxy groups -OCH3 is 1. The fourth-order valence-corrected chi connectivity index (χ4v) is 3.77. The van der Waals surface area contributed by atoms with Gasteiger partial charge in [-0.25, -0.2) is 15.0 Å². The van der Waals surface area contributed by atoms with Crippen LogP contribution in [0.15, 0.2) is 54.9 Å². The third-order valence-electron chi connectivity index (χ3n) is 5.50. The molecule has 7 heteroatoms. The molecule has 1 aromatic carbocycles. The standard InChI is InChI=1S/C23H24N4O3/c1-15-20(13-25-16(2)26-15)30-14-23(17-8-5-4-6-9-17)12-18(23)21(28)27-19-10-7-11-24-22(19)29-3/h4-11,13,18H,12,14H2,1-3H3,(H,27,28)/t18-,23+/m0/s1. The zero-order valence-electron chi connectivity index (χ0n) is 17.3. The molecule has 2 heterocycles. The van der Waals surface area contributed by atoms with E-state index >= 15 is 0 Å². The summed E-state index contributed by atoms with van der Waals surface area (Å²) in [5, 5.41) is 2.96. The number of aromatic nitrogens is 3. The summed E-state index contributed by atoms with van der Waals surface area (Å²) in [5.74, 6) is 1.42. The van der Waals surface area contributed by atoms with E-state index in [1.807, 2.05) is 44.2 Å². The van der Waals surface area contributed by atoms with E-state index in [0.29, 0.717) is 36.2 Å². The monoisotopic (exact) mass is 404 g/mol. The number of carbonyl (C=O) groups excluding carboxylic acids is 1. The molecule has 0 spiro atoms. The van der Waals surface area contributed by atoms with Gasteiger partial charge in [-0.1, -0.05) is 30.3 Å². The van der Waals surface area contributed by atoms with E-state index in [1.165, 1.54) is 7.11 Å². The highest BCUT2D eigenvalue weighted by Gasteiger charge is 2.60. The predicted octanol–water partition coefficient (Wildman–Crippen LogP) is 3.47. The van der Waals surface area contributed by atoms with Crippen LogP contribution in [0, 0.1) is 19.8 Å². The fraction of sp³-hybridized carbons (Fsp3) is 0.304. The molecule has 0 unspecified atom stereocenters. The molecule has 1 amide bonds. The highest BCUT2D eigenvalue weighted by Crippen LogP contribution is 2.55. The van der Waals surface area contributed by atoms with Crippen molar-refractivity contribution >= 4 is 11.6 Å². The molecule has 4 rings (SSSR count). The lowest BCUT2D eigenvalue weighted by Gasteiger charge is -2.20. The minimum absolute atomic E-state index is 0.0781. The molecule has 0 saturated heterocycles. The van der Waals surface area contributed by atoms with Crippen molar-refractivity contribution in [1.82, 2.24) is 15.0 Å². The van der Waals surface area contributed by atoms with E-state index in [1.54, 1.807) is 24.5 Å². The highest BCUT2D eigenvalue weighted by atomic mass is 16.5. The van der Waals surface area contributed by atoms with Gasteiger partial charge in [-0.05, 0) is 38.0 Å². The van der Waals surface area contributed by atoms with Crippen molar-refractivity contribution in [2.45, 2.75) is 25.7 Å². The van der Waals surface area contributed by atoms with Crippen molar-refractivity contribution < 1.29 is 14.3 Å². The maximum Gasteiger partial charge on any atom is 0.237 e. The Bertz CT molecular complexity index is 1060. The van der Waals surface area contributed by atoms with Crippen LogP contribution in [0.5, 0.6) is 11.6 Å². The van der Waals surface area contributed by atoms with Crippen LogP contribution in [0.25, 0.3) is 0 Å². The van der Waals surface area contributed by atoms with Gasteiger partial charge in [0.15, 0.2) is 5.75 Å². The fourth-order valence-electron chi connectivity index (χ4n) is 3.77. The van der Waals surface area contributed by atoms with Gasteiger partial charge in [-0.3, -0.25) is 4.79 Å². The summed E-state index contributed by atoms with van der Waals surface area (Å²) in [5.41, 5.74) is 2.02. The Morgan fingerprint density at radius 3 is 2.70 bits per heavy atom. The third kappa shape index (κ3) is 3.83. The molecule has 0 bridgehead atoms. The van der Waals surface area contributed by atoms with Gasteiger partial charge < -0.3 is 14.8 Å². The number of hydrogen-bond donors (Lipinski definition) is 1. The van der Waals surface area contributed by atoms with Crippen LogP contribution >= 0.6 is 0 Å². The number of nitrogens with one attached hydrogen (secondary N) is 1. The van der Waals surface area contributed by atoms with E-state index < -0.39 is 5.41 Å². The average Bonchev–Trinajstić information content (AvgIpc) is 3.50. The van der Waals surface area contributed by atoms with Crippen molar-refractivity contribution in [2.75, 3.05) is 19.0 Å². The molecule has 0 radical (unpaired) electrons. The number of aryl methyl sites for hydroxylation is 2. The quantitative estimate of drug-likeness (QED) is 0.649. The van der Waals surface area contributed by atoms with Crippen molar-refractivity contribution in [2.24, 2.45) is 5.92 Å². The number of anilines is 1. The average molecular weight is 404 g/mol. The molecule has 1 saturated carbocycles. The molecule has 2 aromatic heterocycles. The predicted molar refractivity (Wildman–Crippen MR) is 113 cm³/mol. The zero-order valence-corrected chi connectivity index (χ0v) is 17.3. The number of carbonyl (C=O) groups is 1. The first-order valence-electron chi connectivity index (χ1n) is 9.82. The molecule has 1 aliphatic rings. The first kappa shape index (κ1) is 19.8. The summed E-state index contributed by atoms with van der Waals surface area (Å²) >= 11 is 0. The van der Waals surface area contributed by atoms with Crippen LogP contribution in [0.1, 0.15) is 23.5 Å². The molecule has 1 aliphatic carbocycles. The molecular formula is C23H24N4O3. The number of pyridine rings is 1. The second kappa shape index (κ2) is 8.10. The van der Waals surface area contributed by atoms with Gasteiger partial charge in [0.1, 0.15) is 11.5 Å². The van der Waals surface area contributed by atoms with Gasteiger partial charge in [0.05, 0.1) is 31.5 Å². The smallest absolute Gasteiger partial charge is 0.237 e. The van der Waals surface area contributed by atoms with Crippen LogP contribution in [-0.2, 0) is 10.2 Å². The zero-order chi connectivity index (χ0) is 21.1. The van der Waals surface area contributed by atoms with Crippen LogP contribution in [0.3, 0.4) is 0 Å². The van der Waals surface area contributed by atoms with Gasteiger partial charge in [-0.2, -0.15) is 0 Å². The number of benzene rings is 1. The summed E-state index contributed by atoms with van der Waals surface area (Å²) in [6.45, 7) is 4.10. The Labute approximate surface area is 175 Å². The maximum atomic E-state index is 13.1. The second-order valence-corrected chi connectivity index (χ2v) is 7.48. The maximum absolute atomic E-state index is 13.1. The number of amides is 1. The Morgan fingerprint density at radius 1 is 1.17 bits per heavy atom. The van der Waals surface area contributed by atoms with Gasteiger partial charge in [0, 0.05) is 11.6 Å². The number of rotatable bonds is 7. The van der Waals surface area contributed by atoms with E-state index in [0.717, 1.165) is 11.3 Å². The molecule has 2 atom stereocenters. The largest absolute Gasteiger partial charge is 0.489 e. The molecule has 1 fully saturated rings. The van der Waals surface area contributed by atoms with Gasteiger partial charge >= 0.3 is 0 Å². The van der Waals surface area contributed by atoms with Crippen molar-refractivity contribution in [3.8, 4) is 11.6 Å². The summed E-state index contributed by atoms with van der Waals surface area (Å²) in [4.78, 5) is 25.8. The second-order valence-electron chi connectivity index (χ2n) is 7.48. The molecule has 154 valence electrons. The topological polar surface area (TPSA) is 86.2 Å².